The van der Waals surface area contributed by atoms with Gasteiger partial charge in [-0.05, 0) is 6.42 Å². The van der Waals surface area contributed by atoms with Gasteiger partial charge in [-0.25, -0.2) is 4.98 Å². The Morgan fingerprint density at radius 1 is 1.14 bits per heavy atom. The first-order valence-corrected chi connectivity index (χ1v) is 7.79. The first kappa shape index (κ1) is 17.2. The van der Waals surface area contributed by atoms with Gasteiger partial charge < -0.3 is 11.1 Å². The SMILES string of the molecule is CCCCCCCCCCNc1cc([N+](=O)[O-])cc(N)n1. The Kier molecular flexibility index (Phi) is 8.16. The van der Waals surface area contributed by atoms with Crippen LogP contribution < -0.4 is 11.1 Å². The smallest absolute Gasteiger partial charge is 0.276 e. The second-order valence-corrected chi connectivity index (χ2v) is 5.29. The van der Waals surface area contributed by atoms with E-state index in [0.29, 0.717) is 5.82 Å². The molecule has 0 amide bonds. The fourth-order valence-corrected chi connectivity index (χ4v) is 2.21. The van der Waals surface area contributed by atoms with Crippen molar-refractivity contribution in [1.29, 1.82) is 0 Å². The summed E-state index contributed by atoms with van der Waals surface area (Å²) in [5.74, 6) is 0.646. The predicted octanol–water partition coefficient (Wildman–Crippen LogP) is 4.12. The molecule has 0 fully saturated rings. The van der Waals surface area contributed by atoms with E-state index in [9.17, 15) is 10.1 Å². The molecule has 21 heavy (non-hydrogen) atoms. The molecule has 0 aliphatic heterocycles. The van der Waals surface area contributed by atoms with E-state index in [1.54, 1.807) is 0 Å². The van der Waals surface area contributed by atoms with Gasteiger partial charge in [0.25, 0.3) is 5.69 Å². The first-order chi connectivity index (χ1) is 10.1. The molecule has 0 bridgehead atoms. The monoisotopic (exact) mass is 294 g/mol. The van der Waals surface area contributed by atoms with Crippen LogP contribution in [0.1, 0.15) is 58.3 Å². The molecule has 0 aliphatic rings. The molecule has 0 radical (unpaired) electrons. The Labute approximate surface area is 126 Å². The lowest BCUT2D eigenvalue weighted by Crippen LogP contribution is -2.05. The third-order valence-electron chi connectivity index (χ3n) is 3.38. The van der Waals surface area contributed by atoms with Crippen molar-refractivity contribution in [3.8, 4) is 0 Å². The number of nitro groups is 1. The lowest BCUT2D eigenvalue weighted by atomic mass is 10.1. The van der Waals surface area contributed by atoms with Crippen LogP contribution in [0.5, 0.6) is 0 Å². The Morgan fingerprint density at radius 2 is 1.76 bits per heavy atom. The van der Waals surface area contributed by atoms with Gasteiger partial charge in [-0.15, -0.1) is 0 Å². The Morgan fingerprint density at radius 3 is 2.38 bits per heavy atom. The minimum atomic E-state index is -0.459. The number of nitrogens with two attached hydrogens (primary N) is 1. The zero-order valence-corrected chi connectivity index (χ0v) is 12.8. The van der Waals surface area contributed by atoms with Gasteiger partial charge in [-0.2, -0.15) is 0 Å². The molecule has 3 N–H and O–H groups in total. The lowest BCUT2D eigenvalue weighted by molar-refractivity contribution is -0.384. The number of pyridine rings is 1. The van der Waals surface area contributed by atoms with E-state index >= 15 is 0 Å². The maximum atomic E-state index is 10.7. The van der Waals surface area contributed by atoms with Crippen molar-refractivity contribution >= 4 is 17.3 Å². The van der Waals surface area contributed by atoms with Crippen LogP contribution in [0, 0.1) is 10.1 Å². The highest BCUT2D eigenvalue weighted by molar-refractivity contribution is 5.52. The molecule has 6 nitrogen and oxygen atoms in total. The standard InChI is InChI=1S/C15H26N4O2/c1-2-3-4-5-6-7-8-9-10-17-15-12-13(19(20)21)11-14(16)18-15/h11-12H,2-10H2,1H3,(H3,16,17,18). The van der Waals surface area contributed by atoms with Gasteiger partial charge in [0, 0.05) is 6.54 Å². The summed E-state index contributed by atoms with van der Waals surface area (Å²) in [5, 5.41) is 13.8. The molecular formula is C15H26N4O2. The van der Waals surface area contributed by atoms with Crippen LogP contribution in [0.4, 0.5) is 17.3 Å². The highest BCUT2D eigenvalue weighted by atomic mass is 16.6. The van der Waals surface area contributed by atoms with E-state index in [1.165, 1.54) is 57.1 Å². The summed E-state index contributed by atoms with van der Waals surface area (Å²) in [7, 11) is 0. The van der Waals surface area contributed by atoms with Crippen molar-refractivity contribution in [2.75, 3.05) is 17.6 Å². The van der Waals surface area contributed by atoms with Crippen LogP contribution in [0.2, 0.25) is 0 Å². The molecule has 0 saturated heterocycles. The number of nitrogens with one attached hydrogen (secondary N) is 1. The molecule has 1 rings (SSSR count). The third kappa shape index (κ3) is 7.48. The van der Waals surface area contributed by atoms with E-state index in [4.69, 9.17) is 5.73 Å². The average Bonchev–Trinajstić information content (AvgIpc) is 2.45. The molecule has 0 atom stereocenters. The maximum Gasteiger partial charge on any atom is 0.276 e. The maximum absolute atomic E-state index is 10.7. The van der Waals surface area contributed by atoms with Crippen molar-refractivity contribution in [3.63, 3.8) is 0 Å². The highest BCUT2D eigenvalue weighted by Crippen LogP contribution is 2.18. The number of nitrogen functional groups attached to an aromatic ring is 1. The van der Waals surface area contributed by atoms with E-state index in [1.807, 2.05) is 0 Å². The minimum absolute atomic E-state index is 0.0269. The topological polar surface area (TPSA) is 94.1 Å². The van der Waals surface area contributed by atoms with Crippen molar-refractivity contribution in [1.82, 2.24) is 4.98 Å². The molecule has 1 heterocycles. The van der Waals surface area contributed by atoms with Crippen LogP contribution in [0.3, 0.4) is 0 Å². The number of nitrogens with zero attached hydrogens (tertiary/aromatic N) is 2. The van der Waals surface area contributed by atoms with Gasteiger partial charge >= 0.3 is 0 Å². The van der Waals surface area contributed by atoms with Crippen LogP contribution in [0.15, 0.2) is 12.1 Å². The summed E-state index contributed by atoms with van der Waals surface area (Å²) in [6, 6.07) is 2.68. The summed E-state index contributed by atoms with van der Waals surface area (Å²) >= 11 is 0. The van der Waals surface area contributed by atoms with Gasteiger partial charge in [0.1, 0.15) is 11.6 Å². The number of rotatable bonds is 11. The quantitative estimate of drug-likeness (QED) is 0.363. The fraction of sp³-hybridized carbons (Fsp3) is 0.667. The van der Waals surface area contributed by atoms with Gasteiger partial charge in [0.2, 0.25) is 0 Å². The summed E-state index contributed by atoms with van der Waals surface area (Å²) in [4.78, 5) is 14.3. The van der Waals surface area contributed by atoms with Crippen molar-refractivity contribution in [3.05, 3.63) is 22.2 Å². The van der Waals surface area contributed by atoms with E-state index in [2.05, 4.69) is 17.2 Å². The Hall–Kier alpha value is -1.85. The number of hydrogen-bond acceptors (Lipinski definition) is 5. The Bertz CT molecular complexity index is 438. The predicted molar refractivity (Wildman–Crippen MR) is 86.4 cm³/mol. The molecule has 0 saturated carbocycles. The second-order valence-electron chi connectivity index (χ2n) is 5.29. The Balaban J connectivity index is 2.17. The number of anilines is 2. The van der Waals surface area contributed by atoms with Gasteiger partial charge in [-0.1, -0.05) is 51.9 Å². The van der Waals surface area contributed by atoms with Gasteiger partial charge in [0.05, 0.1) is 17.1 Å². The van der Waals surface area contributed by atoms with Gasteiger partial charge in [0.15, 0.2) is 0 Å². The largest absolute Gasteiger partial charge is 0.383 e. The van der Waals surface area contributed by atoms with E-state index < -0.39 is 4.92 Å². The number of aromatic nitrogens is 1. The van der Waals surface area contributed by atoms with Crippen molar-refractivity contribution in [2.24, 2.45) is 0 Å². The fourth-order valence-electron chi connectivity index (χ4n) is 2.21. The van der Waals surface area contributed by atoms with Crippen molar-refractivity contribution < 1.29 is 4.92 Å². The summed E-state index contributed by atoms with van der Waals surface area (Å²) < 4.78 is 0. The molecule has 0 aliphatic carbocycles. The summed E-state index contributed by atoms with van der Waals surface area (Å²) in [5.41, 5.74) is 5.52. The molecular weight excluding hydrogens is 268 g/mol. The van der Waals surface area contributed by atoms with Crippen LogP contribution in [-0.2, 0) is 0 Å². The highest BCUT2D eigenvalue weighted by Gasteiger charge is 2.09. The first-order valence-electron chi connectivity index (χ1n) is 7.79. The minimum Gasteiger partial charge on any atom is -0.383 e. The molecule has 6 heteroatoms. The van der Waals surface area contributed by atoms with E-state index in [0.717, 1.165) is 13.0 Å². The zero-order chi connectivity index (χ0) is 15.5. The molecule has 1 aromatic heterocycles. The number of hydrogen-bond donors (Lipinski definition) is 2. The van der Waals surface area contributed by atoms with Crippen LogP contribution in [0.25, 0.3) is 0 Å². The molecule has 0 aromatic carbocycles. The molecule has 118 valence electrons. The van der Waals surface area contributed by atoms with Crippen LogP contribution in [-0.4, -0.2) is 16.5 Å². The summed E-state index contributed by atoms with van der Waals surface area (Å²) in [6.07, 6.45) is 10.0. The lowest BCUT2D eigenvalue weighted by Gasteiger charge is -2.06. The molecule has 0 spiro atoms. The molecule has 1 aromatic rings. The van der Waals surface area contributed by atoms with E-state index in [-0.39, 0.29) is 11.5 Å². The normalized spacial score (nSPS) is 10.5. The second kappa shape index (κ2) is 9.96. The third-order valence-corrected chi connectivity index (χ3v) is 3.38. The van der Waals surface area contributed by atoms with Gasteiger partial charge in [-0.3, -0.25) is 10.1 Å². The zero-order valence-electron chi connectivity index (χ0n) is 12.8. The van der Waals surface area contributed by atoms with Crippen LogP contribution >= 0.6 is 0 Å². The molecule has 0 unspecified atom stereocenters. The summed E-state index contributed by atoms with van der Waals surface area (Å²) in [6.45, 7) is 2.99. The average molecular weight is 294 g/mol. The number of unbranched alkanes of at least 4 members (excludes halogenated alkanes) is 7. The van der Waals surface area contributed by atoms with Crippen molar-refractivity contribution in [2.45, 2.75) is 58.3 Å².